The zero-order valence-corrected chi connectivity index (χ0v) is 10.5. The molecule has 0 atom stereocenters. The molecule has 0 aliphatic heterocycles. The number of rotatable bonds is 1. The largest absolute Gasteiger partial charge is 0.508 e. The molecule has 2 aromatic rings. The summed E-state index contributed by atoms with van der Waals surface area (Å²) >= 11 is 4.37. The number of phenolic OH excluding ortho intramolecular Hbond substituents is 1. The number of phenols is 1. The molecule has 2 aromatic carbocycles. The first-order chi connectivity index (χ1) is 6.77. The second-order valence-corrected chi connectivity index (χ2v) is 3.55. The van der Waals surface area contributed by atoms with Crippen LogP contribution in [-0.4, -0.2) is 5.11 Å². The Morgan fingerprint density at radius 3 is 2.07 bits per heavy atom. The first-order valence-electron chi connectivity index (χ1n) is 4.35. The van der Waals surface area contributed by atoms with Gasteiger partial charge in [-0.3, -0.25) is 0 Å². The number of hydrogen-bond acceptors (Lipinski definition) is 2. The van der Waals surface area contributed by atoms with Crippen LogP contribution in [0.25, 0.3) is 11.1 Å². The van der Waals surface area contributed by atoms with E-state index in [4.69, 9.17) is 5.11 Å². The average Bonchev–Trinajstić information content (AvgIpc) is 2.20. The van der Waals surface area contributed by atoms with E-state index >= 15 is 0 Å². The van der Waals surface area contributed by atoms with Gasteiger partial charge in [0.15, 0.2) is 0 Å². The van der Waals surface area contributed by atoms with Gasteiger partial charge in [-0.25, -0.2) is 0 Å². The molecule has 0 saturated heterocycles. The minimum Gasteiger partial charge on any atom is -0.508 e. The molecule has 0 radical (unpaired) electrons. The molecule has 0 heterocycles. The highest BCUT2D eigenvalue weighted by atomic mass is 79.9. The van der Waals surface area contributed by atoms with Crippen molar-refractivity contribution < 1.29 is 5.11 Å². The summed E-state index contributed by atoms with van der Waals surface area (Å²) in [6, 6.07) is 15.0. The molecule has 3 heteroatoms. The van der Waals surface area contributed by atoms with Gasteiger partial charge in [0.1, 0.15) is 5.75 Å². The first kappa shape index (κ1) is 12.1. The van der Waals surface area contributed by atoms with E-state index < -0.39 is 0 Å². The lowest BCUT2D eigenvalue weighted by Gasteiger charge is -2.04. The monoisotopic (exact) mass is 282 g/mol. The minimum absolute atomic E-state index is 0. The highest BCUT2D eigenvalue weighted by molar-refractivity contribution is 8.93. The third kappa shape index (κ3) is 2.76. The molecule has 0 saturated carbocycles. The van der Waals surface area contributed by atoms with Gasteiger partial charge in [0.05, 0.1) is 0 Å². The lowest BCUT2D eigenvalue weighted by atomic mass is 10.1. The van der Waals surface area contributed by atoms with Gasteiger partial charge in [-0.05, 0) is 29.3 Å². The molecule has 1 nitrogen and oxygen atoms in total. The van der Waals surface area contributed by atoms with Crippen LogP contribution in [0, 0.1) is 0 Å². The molecule has 1 N–H and O–H groups in total. The summed E-state index contributed by atoms with van der Waals surface area (Å²) in [6.45, 7) is 0. The Morgan fingerprint density at radius 1 is 0.867 bits per heavy atom. The van der Waals surface area contributed by atoms with Crippen LogP contribution < -0.4 is 0 Å². The molecule has 0 aromatic heterocycles. The molecule has 0 fully saturated rings. The van der Waals surface area contributed by atoms with E-state index in [0.717, 1.165) is 16.0 Å². The van der Waals surface area contributed by atoms with Crippen molar-refractivity contribution in [3.63, 3.8) is 0 Å². The summed E-state index contributed by atoms with van der Waals surface area (Å²) in [5.74, 6) is 0.283. The molecule has 0 aliphatic rings. The Morgan fingerprint density at radius 2 is 1.47 bits per heavy atom. The summed E-state index contributed by atoms with van der Waals surface area (Å²) in [7, 11) is 0. The van der Waals surface area contributed by atoms with E-state index in [1.807, 2.05) is 36.4 Å². The molecule has 0 spiro atoms. The second kappa shape index (κ2) is 5.24. The molecule has 15 heavy (non-hydrogen) atoms. The molecule has 0 aliphatic carbocycles. The second-order valence-electron chi connectivity index (χ2n) is 3.06. The average molecular weight is 283 g/mol. The van der Waals surface area contributed by atoms with E-state index in [0.29, 0.717) is 0 Å². The van der Waals surface area contributed by atoms with Gasteiger partial charge < -0.3 is 5.11 Å². The van der Waals surface area contributed by atoms with Gasteiger partial charge in [-0.15, -0.1) is 29.6 Å². The number of aromatic hydroxyl groups is 1. The van der Waals surface area contributed by atoms with Crippen molar-refractivity contribution in [3.8, 4) is 16.9 Å². The summed E-state index contributed by atoms with van der Waals surface area (Å²) in [6.07, 6.45) is 0. The highest BCUT2D eigenvalue weighted by Gasteiger charge is 2.00. The molecular weight excluding hydrogens is 272 g/mol. The Kier molecular flexibility index (Phi) is 4.24. The SMILES string of the molecule is Br.Oc1ccc(-c2ccccc2S)cc1. The Balaban J connectivity index is 0.00000112. The van der Waals surface area contributed by atoms with Crippen molar-refractivity contribution in [1.82, 2.24) is 0 Å². The summed E-state index contributed by atoms with van der Waals surface area (Å²) < 4.78 is 0. The van der Waals surface area contributed by atoms with Gasteiger partial charge in [0.25, 0.3) is 0 Å². The fraction of sp³-hybridized carbons (Fsp3) is 0. The number of benzene rings is 2. The van der Waals surface area contributed by atoms with Gasteiger partial charge in [-0.1, -0.05) is 30.3 Å². The van der Waals surface area contributed by atoms with Crippen LogP contribution in [0.15, 0.2) is 53.4 Å². The molecular formula is C12H11BrOS. The third-order valence-corrected chi connectivity index (χ3v) is 2.47. The van der Waals surface area contributed by atoms with Crippen LogP contribution in [-0.2, 0) is 0 Å². The van der Waals surface area contributed by atoms with Crippen molar-refractivity contribution in [2.45, 2.75) is 4.90 Å². The maximum Gasteiger partial charge on any atom is 0.115 e. The predicted octanol–water partition coefficient (Wildman–Crippen LogP) is 3.93. The van der Waals surface area contributed by atoms with Crippen LogP contribution in [0.5, 0.6) is 5.75 Å². The molecule has 2 rings (SSSR count). The lowest BCUT2D eigenvalue weighted by molar-refractivity contribution is 0.475. The van der Waals surface area contributed by atoms with E-state index in [1.165, 1.54) is 0 Å². The van der Waals surface area contributed by atoms with E-state index in [-0.39, 0.29) is 22.7 Å². The zero-order valence-electron chi connectivity index (χ0n) is 7.92. The molecule has 0 amide bonds. The topological polar surface area (TPSA) is 20.2 Å². The molecule has 0 unspecified atom stereocenters. The fourth-order valence-electron chi connectivity index (χ4n) is 1.36. The number of thiol groups is 1. The molecule has 78 valence electrons. The van der Waals surface area contributed by atoms with Crippen LogP contribution in [0.2, 0.25) is 0 Å². The quantitative estimate of drug-likeness (QED) is 0.760. The maximum absolute atomic E-state index is 9.15. The van der Waals surface area contributed by atoms with Crippen molar-refractivity contribution in [3.05, 3.63) is 48.5 Å². The Labute approximate surface area is 105 Å². The first-order valence-corrected chi connectivity index (χ1v) is 4.79. The predicted molar refractivity (Wildman–Crippen MR) is 71.1 cm³/mol. The van der Waals surface area contributed by atoms with Gasteiger partial charge in [0.2, 0.25) is 0 Å². The minimum atomic E-state index is 0. The van der Waals surface area contributed by atoms with Crippen LogP contribution in [0.1, 0.15) is 0 Å². The van der Waals surface area contributed by atoms with E-state index in [2.05, 4.69) is 12.6 Å². The molecule has 0 bridgehead atoms. The highest BCUT2D eigenvalue weighted by Crippen LogP contribution is 2.27. The smallest absolute Gasteiger partial charge is 0.115 e. The summed E-state index contributed by atoms with van der Waals surface area (Å²) in [4.78, 5) is 0.943. The van der Waals surface area contributed by atoms with E-state index in [9.17, 15) is 0 Å². The summed E-state index contributed by atoms with van der Waals surface area (Å²) in [5, 5.41) is 9.15. The fourth-order valence-corrected chi connectivity index (χ4v) is 1.65. The van der Waals surface area contributed by atoms with Gasteiger partial charge in [-0.2, -0.15) is 0 Å². The normalized spacial score (nSPS) is 9.40. The van der Waals surface area contributed by atoms with Crippen molar-refractivity contribution >= 4 is 29.6 Å². The zero-order chi connectivity index (χ0) is 9.97. The maximum atomic E-state index is 9.15. The van der Waals surface area contributed by atoms with Crippen LogP contribution >= 0.6 is 29.6 Å². The van der Waals surface area contributed by atoms with Crippen molar-refractivity contribution in [1.29, 1.82) is 0 Å². The van der Waals surface area contributed by atoms with E-state index in [1.54, 1.807) is 12.1 Å². The van der Waals surface area contributed by atoms with Gasteiger partial charge in [0, 0.05) is 4.90 Å². The Bertz CT molecular complexity index is 440. The standard InChI is InChI=1S/C12H10OS.BrH/c13-10-7-5-9(6-8-10)11-3-1-2-4-12(11)14;/h1-8,13-14H;1H. The van der Waals surface area contributed by atoms with Gasteiger partial charge >= 0.3 is 0 Å². The van der Waals surface area contributed by atoms with Crippen LogP contribution in [0.4, 0.5) is 0 Å². The number of halogens is 1. The Hall–Kier alpha value is -0.930. The third-order valence-electron chi connectivity index (χ3n) is 2.08. The lowest BCUT2D eigenvalue weighted by Crippen LogP contribution is -1.78. The van der Waals surface area contributed by atoms with Crippen molar-refractivity contribution in [2.24, 2.45) is 0 Å². The number of hydrogen-bond donors (Lipinski definition) is 2. The summed E-state index contributed by atoms with van der Waals surface area (Å²) in [5.41, 5.74) is 2.14. The van der Waals surface area contributed by atoms with Crippen molar-refractivity contribution in [2.75, 3.05) is 0 Å². The van der Waals surface area contributed by atoms with Crippen LogP contribution in [0.3, 0.4) is 0 Å².